The molecule has 38 heavy (non-hydrogen) atoms. The molecule has 2 aliphatic rings. The number of hydrogen-bond donors (Lipinski definition) is 0. The smallest absolute Gasteiger partial charge is 0.260 e. The Morgan fingerprint density at radius 1 is 1.03 bits per heavy atom. The number of anilines is 1. The minimum atomic E-state index is -3.57. The molecule has 0 N–H and O–H groups in total. The van der Waals surface area contributed by atoms with Crippen LogP contribution >= 0.6 is 23.1 Å². The van der Waals surface area contributed by atoms with Crippen LogP contribution in [0.1, 0.15) is 36.0 Å². The average molecular weight is 575 g/mol. The van der Waals surface area contributed by atoms with Gasteiger partial charge in [0.25, 0.3) is 5.91 Å². The Hall–Kier alpha value is -2.02. The van der Waals surface area contributed by atoms with E-state index in [0.29, 0.717) is 50.1 Å². The Balaban J connectivity index is 1.40. The summed E-state index contributed by atoms with van der Waals surface area (Å²) in [5, 5.41) is 0.651. The summed E-state index contributed by atoms with van der Waals surface area (Å²) in [6, 6.07) is 12.5. The summed E-state index contributed by atoms with van der Waals surface area (Å²) in [6.07, 6.45) is 5.93. The Bertz CT molecular complexity index is 1350. The van der Waals surface area contributed by atoms with Gasteiger partial charge < -0.3 is 4.74 Å². The fourth-order valence-electron chi connectivity index (χ4n) is 4.84. The third kappa shape index (κ3) is 6.24. The van der Waals surface area contributed by atoms with Gasteiger partial charge in [-0.3, -0.25) is 14.6 Å². The van der Waals surface area contributed by atoms with Crippen molar-refractivity contribution in [1.82, 2.24) is 14.2 Å². The van der Waals surface area contributed by atoms with E-state index in [1.165, 1.54) is 11.3 Å². The second kappa shape index (κ2) is 12.4. The van der Waals surface area contributed by atoms with E-state index < -0.39 is 10.0 Å². The molecule has 0 atom stereocenters. The molecule has 0 unspecified atom stereocenters. The third-order valence-electron chi connectivity index (χ3n) is 7.11. The highest BCUT2D eigenvalue weighted by Crippen LogP contribution is 2.32. The zero-order chi connectivity index (χ0) is 26.5. The number of sulfonamides is 1. The van der Waals surface area contributed by atoms with Gasteiger partial charge >= 0.3 is 0 Å². The number of nitrogens with zero attached hydrogens (tertiary/aromatic N) is 4. The van der Waals surface area contributed by atoms with Crippen molar-refractivity contribution < 1.29 is 17.9 Å². The lowest BCUT2D eigenvalue weighted by atomic mass is 10.2. The van der Waals surface area contributed by atoms with E-state index in [4.69, 9.17) is 9.72 Å². The fraction of sp³-hybridized carbons (Fsp3) is 0.481. The molecule has 2 fully saturated rings. The summed E-state index contributed by atoms with van der Waals surface area (Å²) >= 11 is 3.18. The summed E-state index contributed by atoms with van der Waals surface area (Å²) in [5.41, 5.74) is 1.32. The first-order valence-corrected chi connectivity index (χ1v) is 16.6. The van der Waals surface area contributed by atoms with E-state index in [2.05, 4.69) is 11.0 Å². The topological polar surface area (TPSA) is 83.0 Å². The summed E-state index contributed by atoms with van der Waals surface area (Å²) < 4.78 is 34.5. The highest BCUT2D eigenvalue weighted by molar-refractivity contribution is 7.98. The number of aromatic nitrogens is 1. The molecule has 3 heterocycles. The van der Waals surface area contributed by atoms with Gasteiger partial charge in [-0.2, -0.15) is 4.31 Å². The molecule has 5 rings (SSSR count). The summed E-state index contributed by atoms with van der Waals surface area (Å²) in [7, 11) is -3.57. The first kappa shape index (κ1) is 27.5. The number of amides is 1. The molecule has 0 bridgehead atoms. The number of fused-ring (bicyclic) bond motifs is 1. The van der Waals surface area contributed by atoms with Crippen LogP contribution in [0, 0.1) is 0 Å². The zero-order valence-electron chi connectivity index (χ0n) is 21.7. The number of thiazole rings is 1. The minimum Gasteiger partial charge on any atom is -0.379 e. The predicted octanol–water partition coefficient (Wildman–Crippen LogP) is 4.56. The molecule has 2 aromatic carbocycles. The van der Waals surface area contributed by atoms with Gasteiger partial charge in [0.15, 0.2) is 5.13 Å². The van der Waals surface area contributed by atoms with Crippen LogP contribution < -0.4 is 4.90 Å². The van der Waals surface area contributed by atoms with Crippen LogP contribution in [0.15, 0.2) is 52.3 Å². The normalized spacial score (nSPS) is 17.9. The van der Waals surface area contributed by atoms with Crippen molar-refractivity contribution in [1.29, 1.82) is 0 Å². The number of thioether (sulfide) groups is 1. The van der Waals surface area contributed by atoms with Crippen LogP contribution in [0.3, 0.4) is 0 Å². The number of rotatable bonds is 8. The van der Waals surface area contributed by atoms with E-state index in [1.807, 2.05) is 18.4 Å². The molecule has 0 saturated carbocycles. The van der Waals surface area contributed by atoms with E-state index in [9.17, 15) is 13.2 Å². The second-order valence-electron chi connectivity index (χ2n) is 9.58. The fourth-order valence-corrected chi connectivity index (χ4v) is 7.90. The Morgan fingerprint density at radius 3 is 2.42 bits per heavy atom. The van der Waals surface area contributed by atoms with Crippen LogP contribution in [0.2, 0.25) is 0 Å². The Kier molecular flexibility index (Phi) is 9.02. The molecule has 0 aliphatic carbocycles. The summed E-state index contributed by atoms with van der Waals surface area (Å²) in [4.78, 5) is 24.0. The van der Waals surface area contributed by atoms with Gasteiger partial charge in [0.05, 0.1) is 28.3 Å². The van der Waals surface area contributed by atoms with Crippen molar-refractivity contribution in [2.75, 3.05) is 63.6 Å². The second-order valence-corrected chi connectivity index (χ2v) is 13.4. The zero-order valence-corrected chi connectivity index (χ0v) is 24.1. The van der Waals surface area contributed by atoms with E-state index in [-0.39, 0.29) is 10.8 Å². The van der Waals surface area contributed by atoms with Gasteiger partial charge in [-0.1, -0.05) is 24.2 Å². The van der Waals surface area contributed by atoms with Crippen LogP contribution in [0.5, 0.6) is 0 Å². The Morgan fingerprint density at radius 2 is 1.74 bits per heavy atom. The molecule has 0 radical (unpaired) electrons. The standard InChI is InChI=1S/C27H34N4O4S3/c1-36-22-8-11-24-25(20-22)37-27(28-24)31(15-14-29-16-18-35-19-17-29)26(32)21-6-9-23(10-7-21)38(33,34)30-12-4-2-3-5-13-30/h6-11,20H,2-5,12-19H2,1H3. The molecule has 0 spiro atoms. The van der Waals surface area contributed by atoms with Crippen LogP contribution in [0.25, 0.3) is 10.2 Å². The van der Waals surface area contributed by atoms with Crippen molar-refractivity contribution in [3.05, 3.63) is 48.0 Å². The van der Waals surface area contributed by atoms with Gasteiger partial charge in [0.1, 0.15) is 0 Å². The maximum absolute atomic E-state index is 13.8. The largest absolute Gasteiger partial charge is 0.379 e. The lowest BCUT2D eigenvalue weighted by molar-refractivity contribution is 0.0391. The van der Waals surface area contributed by atoms with Crippen molar-refractivity contribution in [3.8, 4) is 0 Å². The quantitative estimate of drug-likeness (QED) is 0.365. The average Bonchev–Trinajstić information content (AvgIpc) is 3.16. The van der Waals surface area contributed by atoms with Gasteiger partial charge in [0.2, 0.25) is 10.0 Å². The SMILES string of the molecule is CSc1ccc2nc(N(CCN3CCOCC3)C(=O)c3ccc(S(=O)(=O)N4CCCCCC4)cc3)sc2c1. The van der Waals surface area contributed by atoms with Gasteiger partial charge in [-0.25, -0.2) is 13.4 Å². The lowest BCUT2D eigenvalue weighted by Gasteiger charge is -2.29. The molecule has 8 nitrogen and oxygen atoms in total. The molecular weight excluding hydrogens is 541 g/mol. The summed E-state index contributed by atoms with van der Waals surface area (Å²) in [5.74, 6) is -0.180. The van der Waals surface area contributed by atoms with Gasteiger partial charge in [-0.15, -0.1) is 11.8 Å². The van der Waals surface area contributed by atoms with E-state index >= 15 is 0 Å². The molecule has 2 saturated heterocycles. The lowest BCUT2D eigenvalue weighted by Crippen LogP contribution is -2.43. The van der Waals surface area contributed by atoms with Crippen LogP contribution in [-0.4, -0.2) is 87.3 Å². The Labute approximate surface area is 233 Å². The first-order chi connectivity index (χ1) is 18.5. The molecule has 1 amide bonds. The number of carbonyl (C=O) groups is 1. The van der Waals surface area contributed by atoms with Gasteiger partial charge in [0, 0.05) is 49.7 Å². The third-order valence-corrected chi connectivity index (χ3v) is 10.8. The maximum Gasteiger partial charge on any atom is 0.260 e. The van der Waals surface area contributed by atoms with Crippen LogP contribution in [-0.2, 0) is 14.8 Å². The minimum absolute atomic E-state index is 0.180. The number of morpholine rings is 1. The van der Waals surface area contributed by atoms with Gasteiger partial charge in [-0.05, 0) is 61.6 Å². The van der Waals surface area contributed by atoms with Crippen LogP contribution in [0.4, 0.5) is 5.13 Å². The molecule has 204 valence electrons. The number of ether oxygens (including phenoxy) is 1. The summed E-state index contributed by atoms with van der Waals surface area (Å²) in [6.45, 7) is 5.36. The molecule has 2 aliphatic heterocycles. The molecule has 3 aromatic rings. The van der Waals surface area contributed by atoms with Crippen molar-refractivity contribution in [2.24, 2.45) is 0 Å². The van der Waals surface area contributed by atoms with E-state index in [0.717, 1.165) is 53.9 Å². The predicted molar refractivity (Wildman–Crippen MR) is 154 cm³/mol. The van der Waals surface area contributed by atoms with E-state index in [1.54, 1.807) is 45.2 Å². The molecule has 11 heteroatoms. The van der Waals surface area contributed by atoms with Crippen molar-refractivity contribution in [2.45, 2.75) is 35.5 Å². The number of benzene rings is 2. The number of carbonyl (C=O) groups excluding carboxylic acids is 1. The number of hydrogen-bond acceptors (Lipinski definition) is 8. The highest BCUT2D eigenvalue weighted by atomic mass is 32.2. The maximum atomic E-state index is 13.8. The molecular formula is C27H34N4O4S3. The highest BCUT2D eigenvalue weighted by Gasteiger charge is 2.27. The van der Waals surface area contributed by atoms with Crippen molar-refractivity contribution in [3.63, 3.8) is 0 Å². The van der Waals surface area contributed by atoms with Crippen molar-refractivity contribution >= 4 is 54.4 Å². The molecule has 1 aromatic heterocycles. The first-order valence-electron chi connectivity index (χ1n) is 13.1. The monoisotopic (exact) mass is 574 g/mol.